The number of pyridine rings is 1. The number of methoxy groups -OCH3 is 1. The van der Waals surface area contributed by atoms with Gasteiger partial charge in [0, 0.05) is 24.5 Å². The van der Waals surface area contributed by atoms with Crippen molar-refractivity contribution in [3.8, 4) is 0 Å². The summed E-state index contributed by atoms with van der Waals surface area (Å²) in [6.45, 7) is 3.19. The number of benzene rings is 2. The molecule has 28 heavy (non-hydrogen) atoms. The van der Waals surface area contributed by atoms with Gasteiger partial charge in [-0.15, -0.1) is 0 Å². The van der Waals surface area contributed by atoms with Crippen molar-refractivity contribution in [3.63, 3.8) is 0 Å². The van der Waals surface area contributed by atoms with Crippen LogP contribution in [0.5, 0.6) is 0 Å². The Kier molecular flexibility index (Phi) is 5.09. The number of ether oxygens (including phenoxy) is 1. The minimum Gasteiger partial charge on any atom is -0.465 e. The lowest BCUT2D eigenvalue weighted by atomic mass is 10.0. The lowest BCUT2D eigenvalue weighted by molar-refractivity contribution is 0.0596. The van der Waals surface area contributed by atoms with Gasteiger partial charge in [-0.25, -0.2) is 9.18 Å². The van der Waals surface area contributed by atoms with Gasteiger partial charge >= 0.3 is 5.97 Å². The number of aryl methyl sites for hydroxylation is 1. The molecule has 1 aliphatic rings. The molecule has 0 N–H and O–H groups in total. The van der Waals surface area contributed by atoms with Crippen LogP contribution in [0.15, 0.2) is 48.5 Å². The summed E-state index contributed by atoms with van der Waals surface area (Å²) in [6.07, 6.45) is 2.25. The van der Waals surface area contributed by atoms with Gasteiger partial charge in [-0.05, 0) is 49.1 Å². The fourth-order valence-electron chi connectivity index (χ4n) is 3.70. The molecular formula is C23H23FN2O2. The van der Waals surface area contributed by atoms with E-state index in [1.54, 1.807) is 0 Å². The highest BCUT2D eigenvalue weighted by atomic mass is 19.1. The monoisotopic (exact) mass is 378 g/mol. The third-order valence-electron chi connectivity index (χ3n) is 5.33. The molecule has 0 radical (unpaired) electrons. The van der Waals surface area contributed by atoms with Crippen molar-refractivity contribution >= 4 is 16.9 Å². The minimum absolute atomic E-state index is 0.235. The molecule has 1 aromatic heterocycles. The fourth-order valence-corrected chi connectivity index (χ4v) is 3.70. The highest BCUT2D eigenvalue weighted by molar-refractivity contribution is 5.98. The van der Waals surface area contributed by atoms with E-state index < -0.39 is 0 Å². The van der Waals surface area contributed by atoms with Crippen molar-refractivity contribution in [1.82, 2.24) is 9.88 Å². The second-order valence-electron chi connectivity index (χ2n) is 7.33. The Labute approximate surface area is 164 Å². The Morgan fingerprint density at radius 2 is 1.86 bits per heavy atom. The molecular weight excluding hydrogens is 355 g/mol. The molecule has 0 atom stereocenters. The first kappa shape index (κ1) is 18.6. The second-order valence-corrected chi connectivity index (χ2v) is 7.33. The number of esters is 1. The summed E-state index contributed by atoms with van der Waals surface area (Å²) in [5.41, 5.74) is 4.10. The molecule has 144 valence electrons. The maximum Gasteiger partial charge on any atom is 0.340 e. The number of hydrogen-bond acceptors (Lipinski definition) is 4. The maximum absolute atomic E-state index is 13.2. The predicted octanol–water partition coefficient (Wildman–Crippen LogP) is 4.63. The van der Waals surface area contributed by atoms with Crippen molar-refractivity contribution in [1.29, 1.82) is 0 Å². The van der Waals surface area contributed by atoms with E-state index >= 15 is 0 Å². The number of aromatic nitrogens is 1. The van der Waals surface area contributed by atoms with Crippen molar-refractivity contribution in [2.75, 3.05) is 7.11 Å². The Balaban J connectivity index is 1.71. The molecule has 5 heteroatoms. The largest absolute Gasteiger partial charge is 0.465 e. The van der Waals surface area contributed by atoms with Gasteiger partial charge in [-0.3, -0.25) is 9.88 Å². The van der Waals surface area contributed by atoms with E-state index in [1.165, 1.54) is 19.2 Å². The van der Waals surface area contributed by atoms with Gasteiger partial charge in [0.2, 0.25) is 0 Å². The molecule has 1 heterocycles. The SMILES string of the molecule is COC(=O)c1c(CN(Cc2ccc(F)cc2)C2CC2)nc2ccccc2c1C. The predicted molar refractivity (Wildman–Crippen MR) is 106 cm³/mol. The summed E-state index contributed by atoms with van der Waals surface area (Å²) >= 11 is 0. The van der Waals surface area contributed by atoms with Crippen LogP contribution in [-0.4, -0.2) is 29.0 Å². The zero-order valence-electron chi connectivity index (χ0n) is 16.1. The smallest absolute Gasteiger partial charge is 0.340 e. The number of nitrogens with zero attached hydrogens (tertiary/aromatic N) is 2. The zero-order chi connectivity index (χ0) is 19.7. The summed E-state index contributed by atoms with van der Waals surface area (Å²) in [5, 5.41) is 0.961. The van der Waals surface area contributed by atoms with Gasteiger partial charge in [0.25, 0.3) is 0 Å². The lowest BCUT2D eigenvalue weighted by Crippen LogP contribution is -2.27. The third-order valence-corrected chi connectivity index (χ3v) is 5.33. The topological polar surface area (TPSA) is 42.4 Å². The molecule has 0 unspecified atom stereocenters. The number of carbonyl (C=O) groups excluding carboxylic acids is 1. The molecule has 0 aliphatic heterocycles. The average molecular weight is 378 g/mol. The van der Waals surface area contributed by atoms with Gasteiger partial charge < -0.3 is 4.74 Å². The number of rotatable bonds is 6. The van der Waals surface area contributed by atoms with Crippen LogP contribution in [0.3, 0.4) is 0 Å². The molecule has 1 saturated carbocycles. The van der Waals surface area contributed by atoms with E-state index in [0.29, 0.717) is 24.7 Å². The highest BCUT2D eigenvalue weighted by Gasteiger charge is 2.31. The summed E-state index contributed by atoms with van der Waals surface area (Å²) in [4.78, 5) is 19.7. The van der Waals surface area contributed by atoms with E-state index in [2.05, 4.69) is 4.90 Å². The summed E-state index contributed by atoms with van der Waals surface area (Å²) in [6, 6.07) is 14.9. The summed E-state index contributed by atoms with van der Waals surface area (Å²) in [7, 11) is 1.40. The zero-order valence-corrected chi connectivity index (χ0v) is 16.1. The molecule has 2 aromatic carbocycles. The quantitative estimate of drug-likeness (QED) is 0.587. The van der Waals surface area contributed by atoms with Crippen LogP contribution in [-0.2, 0) is 17.8 Å². The van der Waals surface area contributed by atoms with Gasteiger partial charge in [-0.2, -0.15) is 0 Å². The lowest BCUT2D eigenvalue weighted by Gasteiger charge is -2.23. The van der Waals surface area contributed by atoms with E-state index in [0.717, 1.165) is 40.6 Å². The molecule has 0 saturated heterocycles. The molecule has 1 aliphatic carbocycles. The van der Waals surface area contributed by atoms with Crippen LogP contribution < -0.4 is 0 Å². The van der Waals surface area contributed by atoms with Crippen LogP contribution in [0.2, 0.25) is 0 Å². The standard InChI is InChI=1S/C23H23FN2O2/c1-15-19-5-3-4-6-20(19)25-21(22(15)23(27)28-2)14-26(18-11-12-18)13-16-7-9-17(24)10-8-16/h3-10,18H,11-14H2,1-2H3. The van der Waals surface area contributed by atoms with Crippen molar-refractivity contribution < 1.29 is 13.9 Å². The molecule has 4 rings (SSSR count). The summed E-state index contributed by atoms with van der Waals surface area (Å²) < 4.78 is 18.3. The normalized spacial score (nSPS) is 13.9. The van der Waals surface area contributed by atoms with Crippen LogP contribution in [0.1, 0.15) is 40.0 Å². The number of hydrogen-bond donors (Lipinski definition) is 0. The van der Waals surface area contributed by atoms with Crippen LogP contribution in [0, 0.1) is 12.7 Å². The molecule has 3 aromatic rings. The second kappa shape index (κ2) is 7.68. The Bertz CT molecular complexity index is 1010. The van der Waals surface area contributed by atoms with Crippen LogP contribution in [0.25, 0.3) is 10.9 Å². The number of carbonyl (C=O) groups is 1. The Morgan fingerprint density at radius 3 is 2.54 bits per heavy atom. The van der Waals surface area contributed by atoms with E-state index in [9.17, 15) is 9.18 Å². The number of fused-ring (bicyclic) bond motifs is 1. The fraction of sp³-hybridized carbons (Fsp3) is 0.304. The van der Waals surface area contributed by atoms with Crippen molar-refractivity contribution in [2.24, 2.45) is 0 Å². The highest BCUT2D eigenvalue weighted by Crippen LogP contribution is 2.32. The first-order valence-electron chi connectivity index (χ1n) is 9.52. The third kappa shape index (κ3) is 3.76. The molecule has 1 fully saturated rings. The maximum atomic E-state index is 13.2. The van der Waals surface area contributed by atoms with Gasteiger partial charge in [0.15, 0.2) is 0 Å². The van der Waals surface area contributed by atoms with Gasteiger partial charge in [0.1, 0.15) is 5.82 Å². The van der Waals surface area contributed by atoms with Crippen molar-refractivity contribution in [3.05, 3.63) is 76.7 Å². The first-order valence-corrected chi connectivity index (χ1v) is 9.52. The Morgan fingerprint density at radius 1 is 1.14 bits per heavy atom. The van der Waals surface area contributed by atoms with E-state index in [-0.39, 0.29) is 11.8 Å². The van der Waals surface area contributed by atoms with Crippen LogP contribution in [0.4, 0.5) is 4.39 Å². The summed E-state index contributed by atoms with van der Waals surface area (Å²) in [5.74, 6) is -0.593. The van der Waals surface area contributed by atoms with Gasteiger partial charge in [-0.1, -0.05) is 30.3 Å². The van der Waals surface area contributed by atoms with Crippen LogP contribution >= 0.6 is 0 Å². The molecule has 0 amide bonds. The number of para-hydroxylation sites is 1. The average Bonchev–Trinajstić information content (AvgIpc) is 3.54. The first-order chi connectivity index (χ1) is 13.6. The van der Waals surface area contributed by atoms with E-state index in [4.69, 9.17) is 9.72 Å². The molecule has 0 spiro atoms. The van der Waals surface area contributed by atoms with Gasteiger partial charge in [0.05, 0.1) is 23.9 Å². The van der Waals surface area contributed by atoms with E-state index in [1.807, 2.05) is 43.3 Å². The molecule has 0 bridgehead atoms. The van der Waals surface area contributed by atoms with Crippen molar-refractivity contribution in [2.45, 2.75) is 38.9 Å². The number of halogens is 1. The molecule has 4 nitrogen and oxygen atoms in total. The Hall–Kier alpha value is -2.79. The minimum atomic E-state index is -0.358.